The van der Waals surface area contributed by atoms with Gasteiger partial charge in [0.2, 0.25) is 10.0 Å². The highest BCUT2D eigenvalue weighted by atomic mass is 32.2. The second-order valence-corrected chi connectivity index (χ2v) is 9.03. The molecule has 5 nitrogen and oxygen atoms in total. The van der Waals surface area contributed by atoms with Crippen molar-refractivity contribution in [2.24, 2.45) is 0 Å². The molecule has 0 radical (unpaired) electrons. The van der Waals surface area contributed by atoms with Crippen LogP contribution in [0.25, 0.3) is 0 Å². The van der Waals surface area contributed by atoms with Crippen LogP contribution in [0.2, 0.25) is 0 Å². The molecule has 0 unspecified atom stereocenters. The number of carbonyl (C=O) groups excluding carboxylic acids is 1. The predicted octanol–water partition coefficient (Wildman–Crippen LogP) is 4.04. The first-order chi connectivity index (χ1) is 15.0. The summed E-state index contributed by atoms with van der Waals surface area (Å²) in [7, 11) is -3.64. The highest BCUT2D eigenvalue weighted by Crippen LogP contribution is 2.18. The first-order valence-electron chi connectivity index (χ1n) is 10.1. The minimum absolute atomic E-state index is 0.151. The quantitative estimate of drug-likeness (QED) is 0.490. The second-order valence-electron chi connectivity index (χ2n) is 7.09. The van der Waals surface area contributed by atoms with Crippen molar-refractivity contribution < 1.29 is 13.2 Å². The van der Waals surface area contributed by atoms with E-state index in [0.29, 0.717) is 12.1 Å². The van der Waals surface area contributed by atoms with E-state index in [4.69, 9.17) is 0 Å². The van der Waals surface area contributed by atoms with Crippen molar-refractivity contribution in [1.29, 1.82) is 0 Å². The number of rotatable bonds is 10. The molecule has 0 saturated heterocycles. The molecule has 0 aliphatic heterocycles. The average Bonchev–Trinajstić information content (AvgIpc) is 2.80. The van der Waals surface area contributed by atoms with Crippen LogP contribution < -0.4 is 5.32 Å². The third-order valence-corrected chi connectivity index (χ3v) is 6.66. The molecule has 3 rings (SSSR count). The Hall–Kier alpha value is -3.22. The Balaban J connectivity index is 1.62. The highest BCUT2D eigenvalue weighted by Gasteiger charge is 2.23. The van der Waals surface area contributed by atoms with Crippen LogP contribution in [0.3, 0.4) is 0 Å². The molecule has 31 heavy (non-hydrogen) atoms. The Bertz CT molecular complexity index is 1100. The summed E-state index contributed by atoms with van der Waals surface area (Å²) < 4.78 is 27.3. The fraction of sp³-hybridized carbons (Fsp3) is 0.160. The smallest absolute Gasteiger partial charge is 0.251 e. The fourth-order valence-electron chi connectivity index (χ4n) is 3.17. The van der Waals surface area contributed by atoms with Crippen molar-refractivity contribution in [3.63, 3.8) is 0 Å². The van der Waals surface area contributed by atoms with Gasteiger partial charge in [-0.05, 0) is 41.8 Å². The number of amides is 1. The molecular formula is C25H26N2O3S. The topological polar surface area (TPSA) is 66.5 Å². The van der Waals surface area contributed by atoms with E-state index in [0.717, 1.165) is 12.0 Å². The molecule has 3 aromatic carbocycles. The highest BCUT2D eigenvalue weighted by molar-refractivity contribution is 7.89. The molecule has 1 amide bonds. The van der Waals surface area contributed by atoms with E-state index in [1.807, 2.05) is 30.3 Å². The van der Waals surface area contributed by atoms with Gasteiger partial charge in [-0.2, -0.15) is 4.31 Å². The zero-order valence-electron chi connectivity index (χ0n) is 17.3. The minimum atomic E-state index is -3.64. The Kier molecular flexibility index (Phi) is 7.76. The van der Waals surface area contributed by atoms with Crippen LogP contribution in [0.15, 0.2) is 102 Å². The molecule has 0 aromatic heterocycles. The molecule has 160 valence electrons. The summed E-state index contributed by atoms with van der Waals surface area (Å²) in [5, 5.41) is 2.92. The van der Waals surface area contributed by atoms with Gasteiger partial charge in [-0.3, -0.25) is 4.79 Å². The van der Waals surface area contributed by atoms with Crippen LogP contribution in [0.4, 0.5) is 0 Å². The summed E-state index contributed by atoms with van der Waals surface area (Å²) in [4.78, 5) is 12.6. The van der Waals surface area contributed by atoms with E-state index in [1.54, 1.807) is 60.7 Å². The van der Waals surface area contributed by atoms with Crippen molar-refractivity contribution in [1.82, 2.24) is 9.62 Å². The van der Waals surface area contributed by atoms with Gasteiger partial charge in [0, 0.05) is 25.2 Å². The molecule has 0 bridgehead atoms. The molecule has 0 aliphatic carbocycles. The van der Waals surface area contributed by atoms with Crippen LogP contribution in [-0.4, -0.2) is 31.7 Å². The monoisotopic (exact) mass is 434 g/mol. The van der Waals surface area contributed by atoms with Gasteiger partial charge < -0.3 is 5.32 Å². The van der Waals surface area contributed by atoms with Crippen LogP contribution in [0, 0.1) is 0 Å². The van der Waals surface area contributed by atoms with E-state index < -0.39 is 10.0 Å². The molecule has 0 saturated carbocycles. The van der Waals surface area contributed by atoms with Crippen molar-refractivity contribution in [2.75, 3.05) is 13.1 Å². The Morgan fingerprint density at radius 1 is 0.871 bits per heavy atom. The molecule has 3 aromatic rings. The SMILES string of the molecule is C=CCN(Cc1ccc(C(=O)NCCc2ccccc2)cc1)S(=O)(=O)c1ccccc1. The zero-order valence-corrected chi connectivity index (χ0v) is 18.1. The zero-order chi connectivity index (χ0) is 22.1. The standard InChI is InChI=1S/C25H26N2O3S/c1-2-19-27(31(29,30)24-11-7-4-8-12-24)20-22-13-15-23(16-14-22)25(28)26-18-17-21-9-5-3-6-10-21/h2-16H,1,17-20H2,(H,26,28). The van der Waals surface area contributed by atoms with Crippen molar-refractivity contribution in [3.8, 4) is 0 Å². The van der Waals surface area contributed by atoms with Gasteiger partial charge in [0.25, 0.3) is 5.91 Å². The average molecular weight is 435 g/mol. The summed E-state index contributed by atoms with van der Waals surface area (Å²) >= 11 is 0. The lowest BCUT2D eigenvalue weighted by Gasteiger charge is -2.21. The maximum Gasteiger partial charge on any atom is 0.251 e. The van der Waals surface area contributed by atoms with Crippen LogP contribution in [-0.2, 0) is 23.0 Å². The van der Waals surface area contributed by atoms with E-state index in [1.165, 1.54) is 9.87 Å². The molecule has 0 spiro atoms. The van der Waals surface area contributed by atoms with Gasteiger partial charge in [0.15, 0.2) is 0 Å². The van der Waals surface area contributed by atoms with E-state index >= 15 is 0 Å². The van der Waals surface area contributed by atoms with Crippen LogP contribution >= 0.6 is 0 Å². The predicted molar refractivity (Wildman–Crippen MR) is 123 cm³/mol. The number of benzene rings is 3. The van der Waals surface area contributed by atoms with Crippen LogP contribution in [0.1, 0.15) is 21.5 Å². The number of hydrogen-bond acceptors (Lipinski definition) is 3. The Morgan fingerprint density at radius 2 is 1.48 bits per heavy atom. The van der Waals surface area contributed by atoms with Gasteiger partial charge >= 0.3 is 0 Å². The summed E-state index contributed by atoms with van der Waals surface area (Å²) in [5.41, 5.74) is 2.50. The Labute approximate surface area is 184 Å². The normalized spacial score (nSPS) is 11.3. The van der Waals surface area contributed by atoms with Crippen LogP contribution in [0.5, 0.6) is 0 Å². The first kappa shape index (κ1) is 22.5. The number of hydrogen-bond donors (Lipinski definition) is 1. The molecule has 1 N–H and O–H groups in total. The first-order valence-corrected chi connectivity index (χ1v) is 11.5. The fourth-order valence-corrected chi connectivity index (χ4v) is 4.59. The molecule has 0 fully saturated rings. The molecule has 0 heterocycles. The third kappa shape index (κ3) is 6.13. The lowest BCUT2D eigenvalue weighted by Crippen LogP contribution is -2.31. The van der Waals surface area contributed by atoms with E-state index in [9.17, 15) is 13.2 Å². The van der Waals surface area contributed by atoms with Crippen molar-refractivity contribution in [2.45, 2.75) is 17.9 Å². The minimum Gasteiger partial charge on any atom is -0.352 e. The number of nitrogens with zero attached hydrogens (tertiary/aromatic N) is 1. The van der Waals surface area contributed by atoms with Crippen molar-refractivity contribution >= 4 is 15.9 Å². The summed E-state index contributed by atoms with van der Waals surface area (Å²) in [6, 6.07) is 25.3. The van der Waals surface area contributed by atoms with Gasteiger partial charge in [0.1, 0.15) is 0 Å². The Morgan fingerprint density at radius 3 is 2.10 bits per heavy atom. The maximum atomic E-state index is 13.0. The van der Waals surface area contributed by atoms with E-state index in [-0.39, 0.29) is 23.9 Å². The van der Waals surface area contributed by atoms with Gasteiger partial charge in [-0.1, -0.05) is 66.7 Å². The largest absolute Gasteiger partial charge is 0.352 e. The molecular weight excluding hydrogens is 408 g/mol. The second kappa shape index (κ2) is 10.7. The summed E-state index contributed by atoms with van der Waals surface area (Å²) in [5.74, 6) is -0.151. The summed E-state index contributed by atoms with van der Waals surface area (Å²) in [6.45, 7) is 4.61. The number of carbonyl (C=O) groups is 1. The lowest BCUT2D eigenvalue weighted by atomic mass is 10.1. The number of nitrogens with one attached hydrogen (secondary N) is 1. The van der Waals surface area contributed by atoms with E-state index in [2.05, 4.69) is 11.9 Å². The van der Waals surface area contributed by atoms with Gasteiger partial charge in [-0.25, -0.2) is 8.42 Å². The number of sulfonamides is 1. The summed E-state index contributed by atoms with van der Waals surface area (Å²) in [6.07, 6.45) is 2.33. The molecule has 0 atom stereocenters. The van der Waals surface area contributed by atoms with Gasteiger partial charge in [-0.15, -0.1) is 6.58 Å². The third-order valence-electron chi connectivity index (χ3n) is 4.83. The molecule has 0 aliphatic rings. The van der Waals surface area contributed by atoms with Gasteiger partial charge in [0.05, 0.1) is 4.90 Å². The lowest BCUT2D eigenvalue weighted by molar-refractivity contribution is 0.0954. The molecule has 6 heteroatoms. The maximum absolute atomic E-state index is 13.0. The van der Waals surface area contributed by atoms with Crippen molar-refractivity contribution in [3.05, 3.63) is 114 Å².